The molecule has 4 heteroatoms. The maximum atomic E-state index is 10.6. The third-order valence-corrected chi connectivity index (χ3v) is 3.58. The van der Waals surface area contributed by atoms with Gasteiger partial charge in [0.1, 0.15) is 11.5 Å². The van der Waals surface area contributed by atoms with E-state index in [9.17, 15) is 4.79 Å². The highest BCUT2D eigenvalue weighted by Gasteiger charge is 2.16. The molecular formula is C15H15NO3. The van der Waals surface area contributed by atoms with Crippen LogP contribution < -0.4 is 0 Å². The van der Waals surface area contributed by atoms with Gasteiger partial charge in [-0.25, -0.2) is 4.98 Å². The van der Waals surface area contributed by atoms with Crippen molar-refractivity contribution in [1.29, 1.82) is 0 Å². The summed E-state index contributed by atoms with van der Waals surface area (Å²) in [5.41, 5.74) is 4.59. The van der Waals surface area contributed by atoms with Crippen LogP contribution in [0.1, 0.15) is 29.7 Å². The smallest absolute Gasteiger partial charge is 0.303 e. The second-order valence-corrected chi connectivity index (χ2v) is 4.85. The minimum Gasteiger partial charge on any atom is -0.481 e. The van der Waals surface area contributed by atoms with Crippen molar-refractivity contribution in [3.05, 3.63) is 41.5 Å². The van der Waals surface area contributed by atoms with E-state index in [1.54, 1.807) is 0 Å². The molecule has 1 aliphatic carbocycles. The Bertz CT molecular complexity index is 616. The van der Waals surface area contributed by atoms with Crippen molar-refractivity contribution in [2.24, 2.45) is 0 Å². The quantitative estimate of drug-likeness (QED) is 0.914. The Morgan fingerprint density at radius 3 is 3.00 bits per heavy atom. The number of rotatable bonds is 4. The molecule has 19 heavy (non-hydrogen) atoms. The third-order valence-electron chi connectivity index (χ3n) is 3.58. The van der Waals surface area contributed by atoms with Gasteiger partial charge in [-0.3, -0.25) is 4.79 Å². The van der Waals surface area contributed by atoms with Crippen LogP contribution in [0.25, 0.3) is 11.3 Å². The molecule has 1 aliphatic rings. The van der Waals surface area contributed by atoms with Crippen LogP contribution in [-0.4, -0.2) is 16.1 Å². The van der Waals surface area contributed by atoms with Crippen molar-refractivity contribution >= 4 is 5.97 Å². The zero-order chi connectivity index (χ0) is 13.2. The molecule has 98 valence electrons. The maximum Gasteiger partial charge on any atom is 0.303 e. The number of carboxylic acid groups (broad SMARTS) is 1. The number of nitrogens with zero attached hydrogens (tertiary/aromatic N) is 1. The molecule has 1 heterocycles. The molecule has 0 radical (unpaired) electrons. The van der Waals surface area contributed by atoms with Crippen molar-refractivity contribution in [2.45, 2.75) is 32.1 Å². The number of benzene rings is 1. The highest BCUT2D eigenvalue weighted by Crippen LogP contribution is 2.29. The lowest BCUT2D eigenvalue weighted by atomic mass is 10.0. The van der Waals surface area contributed by atoms with Crippen LogP contribution in [0.4, 0.5) is 0 Å². The lowest BCUT2D eigenvalue weighted by Gasteiger charge is -2.04. The summed E-state index contributed by atoms with van der Waals surface area (Å²) in [4.78, 5) is 14.9. The molecule has 0 atom stereocenters. The Labute approximate surface area is 111 Å². The molecule has 4 nitrogen and oxygen atoms in total. The Morgan fingerprint density at radius 1 is 1.32 bits per heavy atom. The van der Waals surface area contributed by atoms with Crippen LogP contribution in [0.2, 0.25) is 0 Å². The number of aromatic nitrogens is 1. The highest BCUT2D eigenvalue weighted by molar-refractivity contribution is 5.68. The topological polar surface area (TPSA) is 63.3 Å². The monoisotopic (exact) mass is 257 g/mol. The number of hydrogen-bond acceptors (Lipinski definition) is 3. The molecule has 1 N–H and O–H groups in total. The van der Waals surface area contributed by atoms with Gasteiger partial charge in [0.2, 0.25) is 0 Å². The van der Waals surface area contributed by atoms with Gasteiger partial charge in [-0.1, -0.05) is 12.1 Å². The largest absolute Gasteiger partial charge is 0.481 e. The Balaban J connectivity index is 1.90. The number of aryl methyl sites for hydroxylation is 3. The molecular weight excluding hydrogens is 242 g/mol. The van der Waals surface area contributed by atoms with Crippen molar-refractivity contribution in [1.82, 2.24) is 4.98 Å². The number of hydrogen-bond donors (Lipinski definition) is 1. The molecule has 0 aliphatic heterocycles. The number of fused-ring (bicyclic) bond motifs is 1. The maximum absolute atomic E-state index is 10.6. The second kappa shape index (κ2) is 4.88. The van der Waals surface area contributed by atoms with Gasteiger partial charge in [-0.2, -0.15) is 0 Å². The van der Waals surface area contributed by atoms with Gasteiger partial charge >= 0.3 is 5.97 Å². The van der Waals surface area contributed by atoms with Gasteiger partial charge < -0.3 is 9.52 Å². The third kappa shape index (κ3) is 2.38. The van der Waals surface area contributed by atoms with Gasteiger partial charge in [-0.15, -0.1) is 0 Å². The summed E-state index contributed by atoms with van der Waals surface area (Å²) in [6.07, 6.45) is 5.31. The normalized spacial score (nSPS) is 13.5. The van der Waals surface area contributed by atoms with Gasteiger partial charge in [-0.05, 0) is 36.5 Å². The van der Waals surface area contributed by atoms with E-state index in [1.807, 2.05) is 6.07 Å². The summed E-state index contributed by atoms with van der Waals surface area (Å²) in [6.45, 7) is 0. The van der Waals surface area contributed by atoms with E-state index in [0.29, 0.717) is 12.2 Å². The van der Waals surface area contributed by atoms with Crippen molar-refractivity contribution in [2.75, 3.05) is 0 Å². The number of oxazole rings is 1. The molecule has 0 amide bonds. The molecule has 0 fully saturated rings. The average molecular weight is 257 g/mol. The molecule has 1 aromatic heterocycles. The SMILES string of the molecule is O=C(O)CCc1ocnc1-c1ccc2c(c1)CCC2. The first kappa shape index (κ1) is 12.0. The van der Waals surface area contributed by atoms with E-state index in [-0.39, 0.29) is 6.42 Å². The van der Waals surface area contributed by atoms with Gasteiger partial charge in [0.15, 0.2) is 6.39 Å². The molecule has 2 aromatic rings. The van der Waals surface area contributed by atoms with Crippen LogP contribution in [0.15, 0.2) is 29.0 Å². The lowest BCUT2D eigenvalue weighted by molar-refractivity contribution is -0.137. The summed E-state index contributed by atoms with van der Waals surface area (Å²) < 4.78 is 5.31. The van der Waals surface area contributed by atoms with Crippen LogP contribution in [0.3, 0.4) is 0 Å². The first-order chi connectivity index (χ1) is 9.24. The summed E-state index contributed by atoms with van der Waals surface area (Å²) in [6, 6.07) is 6.35. The fraction of sp³-hybridized carbons (Fsp3) is 0.333. The standard InChI is InChI=1S/C15H15NO3/c17-14(18)7-6-13-15(16-9-19-13)12-5-4-10-2-1-3-11(10)8-12/h4-5,8-9H,1-3,6-7H2,(H,17,18). The van der Waals surface area contributed by atoms with Crippen molar-refractivity contribution in [3.8, 4) is 11.3 Å². The Kier molecular flexibility index (Phi) is 3.07. The van der Waals surface area contributed by atoms with Crippen LogP contribution >= 0.6 is 0 Å². The van der Waals surface area contributed by atoms with E-state index in [1.165, 1.54) is 23.9 Å². The van der Waals surface area contributed by atoms with E-state index < -0.39 is 5.97 Å². The highest BCUT2D eigenvalue weighted by atomic mass is 16.4. The van der Waals surface area contributed by atoms with Crippen molar-refractivity contribution in [3.63, 3.8) is 0 Å². The van der Waals surface area contributed by atoms with Crippen LogP contribution in [-0.2, 0) is 24.1 Å². The predicted molar refractivity (Wildman–Crippen MR) is 69.9 cm³/mol. The summed E-state index contributed by atoms with van der Waals surface area (Å²) in [5, 5.41) is 8.74. The molecule has 0 spiro atoms. The van der Waals surface area contributed by atoms with Crippen LogP contribution in [0.5, 0.6) is 0 Å². The first-order valence-electron chi connectivity index (χ1n) is 6.50. The predicted octanol–water partition coefficient (Wildman–Crippen LogP) is 2.85. The van der Waals surface area contributed by atoms with Gasteiger partial charge in [0.05, 0.1) is 6.42 Å². The molecule has 0 saturated carbocycles. The van der Waals surface area contributed by atoms with Gasteiger partial charge in [0, 0.05) is 12.0 Å². The Hall–Kier alpha value is -2.10. The van der Waals surface area contributed by atoms with E-state index in [0.717, 1.165) is 24.1 Å². The van der Waals surface area contributed by atoms with E-state index in [2.05, 4.69) is 17.1 Å². The molecule has 0 saturated heterocycles. The Morgan fingerprint density at radius 2 is 2.16 bits per heavy atom. The minimum absolute atomic E-state index is 0.0626. The minimum atomic E-state index is -0.823. The van der Waals surface area contributed by atoms with Crippen molar-refractivity contribution < 1.29 is 14.3 Å². The summed E-state index contributed by atoms with van der Waals surface area (Å²) in [5.74, 6) is -0.170. The number of carbonyl (C=O) groups is 1. The van der Waals surface area contributed by atoms with Gasteiger partial charge in [0.25, 0.3) is 0 Å². The lowest BCUT2D eigenvalue weighted by Crippen LogP contribution is -1.98. The zero-order valence-electron chi connectivity index (χ0n) is 10.6. The second-order valence-electron chi connectivity index (χ2n) is 4.85. The van der Waals surface area contributed by atoms with E-state index >= 15 is 0 Å². The van der Waals surface area contributed by atoms with Crippen LogP contribution in [0, 0.1) is 0 Å². The zero-order valence-corrected chi connectivity index (χ0v) is 10.6. The average Bonchev–Trinajstić information content (AvgIpc) is 3.04. The molecule has 0 unspecified atom stereocenters. The number of aliphatic carboxylic acids is 1. The fourth-order valence-electron chi connectivity index (χ4n) is 2.62. The molecule has 1 aromatic carbocycles. The molecule has 0 bridgehead atoms. The van der Waals surface area contributed by atoms with E-state index in [4.69, 9.17) is 9.52 Å². The first-order valence-corrected chi connectivity index (χ1v) is 6.50. The number of carboxylic acids is 1. The summed E-state index contributed by atoms with van der Waals surface area (Å²) >= 11 is 0. The molecule has 3 rings (SSSR count). The summed E-state index contributed by atoms with van der Waals surface area (Å²) in [7, 11) is 0. The fourth-order valence-corrected chi connectivity index (χ4v) is 2.62.